The van der Waals surface area contributed by atoms with Crippen molar-refractivity contribution in [3.8, 4) is 11.5 Å². The summed E-state index contributed by atoms with van der Waals surface area (Å²) in [6.07, 6.45) is 0. The zero-order chi connectivity index (χ0) is 13.3. The lowest BCUT2D eigenvalue weighted by molar-refractivity contribution is 0.325. The molecule has 6 heteroatoms. The van der Waals surface area contributed by atoms with Gasteiger partial charge in [0.2, 0.25) is 5.82 Å². The summed E-state index contributed by atoms with van der Waals surface area (Å²) in [5, 5.41) is 5.79. The molecule has 0 saturated heterocycles. The number of nitrogens with two attached hydrogens (primary N) is 1. The van der Waals surface area contributed by atoms with Crippen molar-refractivity contribution in [2.75, 3.05) is 0 Å². The van der Waals surface area contributed by atoms with Gasteiger partial charge in [0.05, 0.1) is 5.51 Å². The fraction of sp³-hybridized carbons (Fsp3) is 0.154. The van der Waals surface area contributed by atoms with Crippen molar-refractivity contribution in [1.82, 2.24) is 15.1 Å². The first kappa shape index (κ1) is 12.0. The smallest absolute Gasteiger partial charge is 0.251 e. The zero-order valence-electron chi connectivity index (χ0n) is 10.3. The Morgan fingerprint density at radius 2 is 2.05 bits per heavy atom. The molecule has 2 heterocycles. The predicted molar refractivity (Wildman–Crippen MR) is 72.5 cm³/mol. The number of benzene rings is 1. The molecular formula is C13H12N4OS. The summed E-state index contributed by atoms with van der Waals surface area (Å²) in [7, 11) is 0. The molecular weight excluding hydrogens is 260 g/mol. The molecule has 0 fully saturated rings. The molecule has 3 rings (SSSR count). The molecule has 5 nitrogen and oxygen atoms in total. The average Bonchev–Trinajstić information content (AvgIpc) is 3.10. The van der Waals surface area contributed by atoms with Gasteiger partial charge in [-0.1, -0.05) is 35.5 Å². The Morgan fingerprint density at radius 3 is 2.74 bits per heavy atom. The highest BCUT2D eigenvalue weighted by molar-refractivity contribution is 7.07. The van der Waals surface area contributed by atoms with Crippen LogP contribution in [0.4, 0.5) is 0 Å². The molecule has 0 spiro atoms. The third kappa shape index (κ3) is 2.16. The molecule has 0 aliphatic carbocycles. The highest BCUT2D eigenvalue weighted by atomic mass is 32.1. The third-order valence-corrected chi connectivity index (χ3v) is 3.49. The van der Waals surface area contributed by atoms with Gasteiger partial charge in [0.15, 0.2) is 0 Å². The maximum atomic E-state index is 6.31. The molecule has 0 saturated carbocycles. The minimum absolute atomic E-state index is 0.377. The normalized spacial score (nSPS) is 14.2. The molecule has 0 radical (unpaired) electrons. The highest BCUT2D eigenvalue weighted by Gasteiger charge is 2.30. The van der Waals surface area contributed by atoms with Gasteiger partial charge in [0, 0.05) is 5.38 Å². The molecule has 2 aromatic heterocycles. The van der Waals surface area contributed by atoms with Gasteiger partial charge in [-0.3, -0.25) is 0 Å². The molecule has 1 aromatic carbocycles. The van der Waals surface area contributed by atoms with Crippen LogP contribution in [0.5, 0.6) is 0 Å². The van der Waals surface area contributed by atoms with E-state index in [2.05, 4.69) is 15.1 Å². The molecule has 1 unspecified atom stereocenters. The summed E-state index contributed by atoms with van der Waals surface area (Å²) in [6.45, 7) is 1.85. The van der Waals surface area contributed by atoms with E-state index in [1.807, 2.05) is 42.6 Å². The molecule has 0 bridgehead atoms. The summed E-state index contributed by atoms with van der Waals surface area (Å²) in [5.41, 5.74) is 8.84. The number of hydrogen-bond acceptors (Lipinski definition) is 6. The van der Waals surface area contributed by atoms with Crippen molar-refractivity contribution >= 4 is 11.3 Å². The molecule has 0 amide bonds. The van der Waals surface area contributed by atoms with Gasteiger partial charge >= 0.3 is 0 Å². The van der Waals surface area contributed by atoms with Crippen LogP contribution in [-0.4, -0.2) is 15.1 Å². The number of rotatable bonds is 3. The van der Waals surface area contributed by atoms with E-state index in [1.54, 1.807) is 5.51 Å². The summed E-state index contributed by atoms with van der Waals surface area (Å²) >= 11 is 1.48. The molecule has 1 atom stereocenters. The Bertz CT molecular complexity index is 661. The Morgan fingerprint density at radius 1 is 1.26 bits per heavy atom. The van der Waals surface area contributed by atoms with E-state index in [1.165, 1.54) is 11.3 Å². The second-order valence-corrected chi connectivity index (χ2v) is 5.08. The Kier molecular flexibility index (Phi) is 2.88. The molecule has 96 valence electrons. The number of nitrogens with zero attached hydrogens (tertiary/aromatic N) is 3. The lowest BCUT2D eigenvalue weighted by atomic mass is 9.93. The lowest BCUT2D eigenvalue weighted by Crippen LogP contribution is -2.34. The molecule has 2 N–H and O–H groups in total. The van der Waals surface area contributed by atoms with E-state index in [9.17, 15) is 0 Å². The number of aromatic nitrogens is 3. The van der Waals surface area contributed by atoms with Crippen LogP contribution in [0, 0.1) is 0 Å². The quantitative estimate of drug-likeness (QED) is 0.792. The third-order valence-electron chi connectivity index (χ3n) is 2.91. The first-order chi connectivity index (χ1) is 9.18. The fourth-order valence-corrected chi connectivity index (χ4v) is 2.30. The monoisotopic (exact) mass is 272 g/mol. The van der Waals surface area contributed by atoms with Crippen molar-refractivity contribution < 1.29 is 4.52 Å². The van der Waals surface area contributed by atoms with Crippen LogP contribution in [0.3, 0.4) is 0 Å². The van der Waals surface area contributed by atoms with Gasteiger partial charge in [0.25, 0.3) is 5.89 Å². The van der Waals surface area contributed by atoms with E-state index in [4.69, 9.17) is 10.3 Å². The van der Waals surface area contributed by atoms with E-state index < -0.39 is 5.54 Å². The Balaban J connectivity index is 1.99. The first-order valence-corrected chi connectivity index (χ1v) is 6.69. The minimum atomic E-state index is -0.817. The molecule has 0 aliphatic rings. The van der Waals surface area contributed by atoms with E-state index in [0.717, 1.165) is 5.56 Å². The maximum absolute atomic E-state index is 6.31. The van der Waals surface area contributed by atoms with Crippen LogP contribution in [0.2, 0.25) is 0 Å². The van der Waals surface area contributed by atoms with Crippen LogP contribution >= 0.6 is 11.3 Å². The summed E-state index contributed by atoms with van der Waals surface area (Å²) < 4.78 is 5.29. The highest BCUT2D eigenvalue weighted by Crippen LogP contribution is 2.26. The van der Waals surface area contributed by atoms with Crippen molar-refractivity contribution in [2.45, 2.75) is 12.5 Å². The van der Waals surface area contributed by atoms with Crippen LogP contribution < -0.4 is 5.73 Å². The van der Waals surface area contributed by atoms with Gasteiger partial charge < -0.3 is 10.3 Å². The van der Waals surface area contributed by atoms with Crippen molar-refractivity contribution in [2.24, 2.45) is 5.73 Å². The van der Waals surface area contributed by atoms with Crippen LogP contribution in [0.15, 0.2) is 45.7 Å². The van der Waals surface area contributed by atoms with Gasteiger partial charge in [0.1, 0.15) is 11.2 Å². The van der Waals surface area contributed by atoms with Gasteiger partial charge in [-0.25, -0.2) is 4.98 Å². The predicted octanol–water partition coefficient (Wildman–Crippen LogP) is 2.42. The fourth-order valence-electron chi connectivity index (χ4n) is 1.77. The summed E-state index contributed by atoms with van der Waals surface area (Å²) in [6, 6.07) is 9.67. The lowest BCUT2D eigenvalue weighted by Gasteiger charge is -2.19. The van der Waals surface area contributed by atoms with E-state index in [0.29, 0.717) is 17.4 Å². The minimum Gasteiger partial charge on any atom is -0.336 e. The van der Waals surface area contributed by atoms with Crippen LogP contribution in [0.25, 0.3) is 11.5 Å². The van der Waals surface area contributed by atoms with Crippen LogP contribution in [0.1, 0.15) is 18.4 Å². The summed E-state index contributed by atoms with van der Waals surface area (Å²) in [5.74, 6) is 0.838. The maximum Gasteiger partial charge on any atom is 0.251 e. The zero-order valence-corrected chi connectivity index (χ0v) is 11.1. The van der Waals surface area contributed by atoms with Crippen molar-refractivity contribution in [3.63, 3.8) is 0 Å². The largest absolute Gasteiger partial charge is 0.336 e. The average molecular weight is 272 g/mol. The standard InChI is InChI=1S/C13H12N4OS/c1-13(14,9-5-3-2-4-6-9)12-16-11(17-18-12)10-7-19-8-15-10/h2-8H,14H2,1H3. The topological polar surface area (TPSA) is 77.8 Å². The van der Waals surface area contributed by atoms with E-state index >= 15 is 0 Å². The first-order valence-electron chi connectivity index (χ1n) is 5.75. The number of hydrogen-bond donors (Lipinski definition) is 1. The van der Waals surface area contributed by atoms with E-state index in [-0.39, 0.29) is 0 Å². The molecule has 3 aromatic rings. The Labute approximate surface area is 114 Å². The van der Waals surface area contributed by atoms with Gasteiger partial charge in [-0.05, 0) is 12.5 Å². The summed E-state index contributed by atoms with van der Waals surface area (Å²) in [4.78, 5) is 8.49. The second-order valence-electron chi connectivity index (χ2n) is 4.37. The van der Waals surface area contributed by atoms with Crippen LogP contribution in [-0.2, 0) is 5.54 Å². The Hall–Kier alpha value is -2.05. The van der Waals surface area contributed by atoms with Gasteiger partial charge in [-0.2, -0.15) is 4.98 Å². The van der Waals surface area contributed by atoms with Crippen molar-refractivity contribution in [1.29, 1.82) is 0 Å². The number of thiazole rings is 1. The molecule has 19 heavy (non-hydrogen) atoms. The van der Waals surface area contributed by atoms with Gasteiger partial charge in [-0.15, -0.1) is 11.3 Å². The SMILES string of the molecule is CC(N)(c1ccccc1)c1nc(-c2cscn2)no1. The van der Waals surface area contributed by atoms with Crippen molar-refractivity contribution in [3.05, 3.63) is 52.7 Å². The molecule has 0 aliphatic heterocycles. The second kappa shape index (κ2) is 4.56.